The van der Waals surface area contributed by atoms with Crippen LogP contribution in [0.2, 0.25) is 0 Å². The highest BCUT2D eigenvalue weighted by molar-refractivity contribution is 5.91. The van der Waals surface area contributed by atoms with Crippen LogP contribution in [-0.2, 0) is 9.59 Å². The summed E-state index contributed by atoms with van der Waals surface area (Å²) in [6.07, 6.45) is 4.38. The number of hydrogen-bond acceptors (Lipinski definition) is 3. The highest BCUT2D eigenvalue weighted by Gasteiger charge is 2.27. The molecule has 0 aliphatic carbocycles. The van der Waals surface area contributed by atoms with Crippen LogP contribution in [0.1, 0.15) is 32.6 Å². The molecule has 0 saturated carbocycles. The van der Waals surface area contributed by atoms with Crippen LogP contribution in [0.5, 0.6) is 5.75 Å². The normalized spacial score (nSPS) is 18.5. The van der Waals surface area contributed by atoms with Gasteiger partial charge in [-0.2, -0.15) is 0 Å². The van der Waals surface area contributed by atoms with Crippen molar-refractivity contribution in [3.8, 4) is 5.75 Å². The van der Waals surface area contributed by atoms with E-state index in [1.54, 1.807) is 13.2 Å². The zero-order valence-electron chi connectivity index (χ0n) is 15.5. The van der Waals surface area contributed by atoms with Crippen LogP contribution in [0.4, 0.5) is 5.69 Å². The molecule has 1 heterocycles. The Bertz CT molecular complexity index is 591. The Hall–Kier alpha value is -2.08. The first-order valence-corrected chi connectivity index (χ1v) is 9.08. The molecule has 2 N–H and O–H groups in total. The van der Waals surface area contributed by atoms with Gasteiger partial charge in [-0.25, -0.2) is 0 Å². The van der Waals surface area contributed by atoms with Gasteiger partial charge in [0.2, 0.25) is 0 Å². The fourth-order valence-corrected chi connectivity index (χ4v) is 3.36. The van der Waals surface area contributed by atoms with Gasteiger partial charge in [-0.1, -0.05) is 13.0 Å². The van der Waals surface area contributed by atoms with Gasteiger partial charge in [0.1, 0.15) is 5.75 Å². The summed E-state index contributed by atoms with van der Waals surface area (Å²) in [5, 5.41) is 2.86. The summed E-state index contributed by atoms with van der Waals surface area (Å²) in [7, 11) is 3.47. The molecular formula is C19H30N3O3+. The second-order valence-electron chi connectivity index (χ2n) is 6.74. The Balaban J connectivity index is 1.83. The number of ether oxygens (including phenoxy) is 1. The van der Waals surface area contributed by atoms with Crippen molar-refractivity contribution in [1.29, 1.82) is 0 Å². The van der Waals surface area contributed by atoms with Crippen LogP contribution in [0.25, 0.3) is 0 Å². The quantitative estimate of drug-likeness (QED) is 0.771. The number of likely N-dealkylation sites (N-methyl/N-ethyl adjacent to an activating group) is 1. The molecule has 1 aliphatic heterocycles. The maximum Gasteiger partial charge on any atom is 0.279 e. The molecule has 0 spiro atoms. The molecule has 1 aromatic carbocycles. The SMILES string of the molecule is CC[C@@H]1CCCCN1C(=O)C[NH+](C)CC(=O)Nc1cccc(OC)c1. The van der Waals surface area contributed by atoms with Crippen molar-refractivity contribution in [2.75, 3.05) is 39.1 Å². The minimum absolute atomic E-state index is 0.107. The summed E-state index contributed by atoms with van der Waals surface area (Å²) in [6, 6.07) is 7.61. The predicted molar refractivity (Wildman–Crippen MR) is 97.9 cm³/mol. The lowest BCUT2D eigenvalue weighted by Gasteiger charge is -2.35. The molecular weight excluding hydrogens is 318 g/mol. The number of likely N-dealkylation sites (tertiary alicyclic amines) is 1. The molecule has 1 unspecified atom stereocenters. The van der Waals surface area contributed by atoms with Gasteiger partial charge < -0.3 is 19.9 Å². The van der Waals surface area contributed by atoms with Crippen molar-refractivity contribution in [1.82, 2.24) is 4.90 Å². The summed E-state index contributed by atoms with van der Waals surface area (Å²) >= 11 is 0. The molecule has 0 aromatic heterocycles. The minimum Gasteiger partial charge on any atom is -0.497 e. The number of carbonyl (C=O) groups is 2. The number of benzene rings is 1. The molecule has 2 rings (SSSR count). The summed E-state index contributed by atoms with van der Waals surface area (Å²) < 4.78 is 5.15. The Kier molecular flexibility index (Phi) is 7.25. The molecule has 138 valence electrons. The van der Waals surface area contributed by atoms with E-state index in [0.717, 1.165) is 30.7 Å². The standard InChI is InChI=1S/C19H29N3O3/c1-4-16-9-5-6-11-22(16)19(24)14-21(2)13-18(23)20-15-8-7-10-17(12-15)25-3/h7-8,10,12,16H,4-6,9,11,13-14H2,1-3H3,(H,20,23)/p+1/t16-/m1/s1. The van der Waals surface area contributed by atoms with E-state index in [4.69, 9.17) is 4.74 Å². The average molecular weight is 348 g/mol. The van der Waals surface area contributed by atoms with E-state index in [1.807, 2.05) is 30.1 Å². The van der Waals surface area contributed by atoms with Crippen LogP contribution in [-0.4, -0.2) is 56.5 Å². The zero-order valence-corrected chi connectivity index (χ0v) is 15.5. The highest BCUT2D eigenvalue weighted by atomic mass is 16.5. The van der Waals surface area contributed by atoms with Crippen molar-refractivity contribution >= 4 is 17.5 Å². The third kappa shape index (κ3) is 5.74. The molecule has 0 radical (unpaired) electrons. The number of methoxy groups -OCH3 is 1. The number of piperidine rings is 1. The molecule has 0 bridgehead atoms. The van der Waals surface area contributed by atoms with E-state index >= 15 is 0 Å². The maximum absolute atomic E-state index is 12.6. The molecule has 25 heavy (non-hydrogen) atoms. The third-order valence-corrected chi connectivity index (χ3v) is 4.69. The van der Waals surface area contributed by atoms with E-state index in [-0.39, 0.29) is 18.4 Å². The lowest BCUT2D eigenvalue weighted by atomic mass is 10.00. The topological polar surface area (TPSA) is 63.1 Å². The van der Waals surface area contributed by atoms with Crippen molar-refractivity contribution in [3.05, 3.63) is 24.3 Å². The van der Waals surface area contributed by atoms with Gasteiger partial charge in [-0.3, -0.25) is 9.59 Å². The maximum atomic E-state index is 12.6. The fraction of sp³-hybridized carbons (Fsp3) is 0.579. The number of anilines is 1. The van der Waals surface area contributed by atoms with Crippen LogP contribution in [0.3, 0.4) is 0 Å². The Morgan fingerprint density at radius 1 is 1.32 bits per heavy atom. The predicted octanol–water partition coefficient (Wildman–Crippen LogP) is 0.940. The molecule has 1 saturated heterocycles. The van der Waals surface area contributed by atoms with Gasteiger partial charge in [0.05, 0.1) is 14.2 Å². The first-order valence-electron chi connectivity index (χ1n) is 9.08. The summed E-state index contributed by atoms with van der Waals surface area (Å²) in [4.78, 5) is 27.7. The number of amides is 2. The largest absolute Gasteiger partial charge is 0.497 e. The monoisotopic (exact) mass is 348 g/mol. The summed E-state index contributed by atoms with van der Waals surface area (Å²) in [5.74, 6) is 0.742. The summed E-state index contributed by atoms with van der Waals surface area (Å²) in [6.45, 7) is 3.59. The summed E-state index contributed by atoms with van der Waals surface area (Å²) in [5.41, 5.74) is 0.700. The number of hydrogen-bond donors (Lipinski definition) is 2. The molecule has 1 aliphatic rings. The number of carbonyl (C=O) groups excluding carboxylic acids is 2. The van der Waals surface area contributed by atoms with Crippen molar-refractivity contribution in [2.45, 2.75) is 38.6 Å². The lowest BCUT2D eigenvalue weighted by molar-refractivity contribution is -0.862. The first-order chi connectivity index (χ1) is 12.0. The van der Waals surface area contributed by atoms with Crippen molar-refractivity contribution in [2.24, 2.45) is 0 Å². The third-order valence-electron chi connectivity index (χ3n) is 4.69. The molecule has 6 nitrogen and oxygen atoms in total. The Morgan fingerprint density at radius 3 is 2.84 bits per heavy atom. The van der Waals surface area contributed by atoms with Gasteiger partial charge in [-0.15, -0.1) is 0 Å². The average Bonchev–Trinajstić information content (AvgIpc) is 2.61. The number of rotatable bonds is 7. The Morgan fingerprint density at radius 2 is 2.12 bits per heavy atom. The number of quaternary nitrogens is 1. The highest BCUT2D eigenvalue weighted by Crippen LogP contribution is 2.19. The number of nitrogens with one attached hydrogen (secondary N) is 2. The molecule has 2 amide bonds. The minimum atomic E-state index is -0.107. The van der Waals surface area contributed by atoms with E-state index in [0.29, 0.717) is 24.0 Å². The molecule has 2 atom stereocenters. The second kappa shape index (κ2) is 9.42. The van der Waals surface area contributed by atoms with Gasteiger partial charge in [0, 0.05) is 24.3 Å². The van der Waals surface area contributed by atoms with Gasteiger partial charge >= 0.3 is 0 Å². The smallest absolute Gasteiger partial charge is 0.279 e. The van der Waals surface area contributed by atoms with Gasteiger partial charge in [-0.05, 0) is 37.8 Å². The van der Waals surface area contributed by atoms with E-state index in [9.17, 15) is 9.59 Å². The van der Waals surface area contributed by atoms with Crippen LogP contribution in [0.15, 0.2) is 24.3 Å². The van der Waals surface area contributed by atoms with E-state index in [2.05, 4.69) is 12.2 Å². The van der Waals surface area contributed by atoms with Gasteiger partial charge in [0.25, 0.3) is 11.8 Å². The lowest BCUT2D eigenvalue weighted by Crippen LogP contribution is -3.11. The van der Waals surface area contributed by atoms with E-state index < -0.39 is 0 Å². The fourth-order valence-electron chi connectivity index (χ4n) is 3.36. The van der Waals surface area contributed by atoms with Crippen molar-refractivity contribution < 1.29 is 19.2 Å². The first kappa shape index (κ1) is 19.2. The second-order valence-corrected chi connectivity index (χ2v) is 6.74. The van der Waals surface area contributed by atoms with Crippen LogP contribution < -0.4 is 15.0 Å². The molecule has 1 fully saturated rings. The number of nitrogens with zero attached hydrogens (tertiary/aromatic N) is 1. The van der Waals surface area contributed by atoms with Crippen LogP contribution in [0, 0.1) is 0 Å². The molecule has 6 heteroatoms. The Labute approximate surface area is 150 Å². The zero-order chi connectivity index (χ0) is 18.2. The van der Waals surface area contributed by atoms with Gasteiger partial charge in [0.15, 0.2) is 13.1 Å². The molecule has 1 aromatic rings. The van der Waals surface area contributed by atoms with Crippen molar-refractivity contribution in [3.63, 3.8) is 0 Å². The van der Waals surface area contributed by atoms with Crippen LogP contribution >= 0.6 is 0 Å². The van der Waals surface area contributed by atoms with E-state index in [1.165, 1.54) is 6.42 Å².